The number of thioether (sulfide) groups is 2. The Labute approximate surface area is 156 Å². The summed E-state index contributed by atoms with van der Waals surface area (Å²) in [5.41, 5.74) is 3.22. The number of methoxy groups -OCH3 is 1. The normalized spacial score (nSPS) is 14.2. The zero-order chi connectivity index (χ0) is 17.6. The second-order valence-electron chi connectivity index (χ2n) is 5.61. The van der Waals surface area contributed by atoms with Crippen molar-refractivity contribution in [2.75, 3.05) is 12.9 Å². The number of nitrogens with zero attached hydrogens (tertiary/aromatic N) is 1. The number of ether oxygens (including phenoxy) is 1. The van der Waals surface area contributed by atoms with Gasteiger partial charge in [0.2, 0.25) is 5.91 Å². The Kier molecular flexibility index (Phi) is 6.04. The molecule has 0 fully saturated rings. The topological polar surface area (TPSA) is 50.7 Å². The molecule has 6 heteroatoms. The van der Waals surface area contributed by atoms with E-state index in [1.54, 1.807) is 18.9 Å². The molecule has 1 amide bonds. The average molecular weight is 373 g/mol. The van der Waals surface area contributed by atoms with Crippen molar-refractivity contribution in [3.63, 3.8) is 0 Å². The summed E-state index contributed by atoms with van der Waals surface area (Å²) < 4.78 is 6.30. The first-order valence-corrected chi connectivity index (χ1v) is 9.99. The summed E-state index contributed by atoms with van der Waals surface area (Å²) in [5.74, 6) is 2.03. The predicted molar refractivity (Wildman–Crippen MR) is 107 cm³/mol. The number of fused-ring (bicyclic) bond motifs is 1. The van der Waals surface area contributed by atoms with Crippen molar-refractivity contribution in [1.82, 2.24) is 5.32 Å². The molecule has 1 atom stereocenters. The molecule has 1 heterocycles. The van der Waals surface area contributed by atoms with Crippen LogP contribution >= 0.6 is 23.5 Å². The van der Waals surface area contributed by atoms with Gasteiger partial charge in [-0.2, -0.15) is 0 Å². The number of benzene rings is 2. The van der Waals surface area contributed by atoms with Crippen LogP contribution < -0.4 is 10.1 Å². The number of aliphatic imine (C=N–C) groups is 1. The minimum Gasteiger partial charge on any atom is -0.496 e. The van der Waals surface area contributed by atoms with Gasteiger partial charge in [0.1, 0.15) is 10.1 Å². The molecule has 0 unspecified atom stereocenters. The molecule has 0 aromatic heterocycles. The fourth-order valence-electron chi connectivity index (χ4n) is 2.60. The number of carbonyl (C=O) groups excluding carboxylic acids is 1. The average Bonchev–Trinajstić information content (AvgIpc) is 2.66. The number of hydrogen-bond donors (Lipinski definition) is 1. The first-order chi connectivity index (χ1) is 12.2. The maximum absolute atomic E-state index is 12.3. The molecule has 1 aliphatic heterocycles. The SMILES string of the molecule is COc1ccccc1[C@H](C)NC(=O)CSC1=Nc2ccccc2CS1. The molecule has 0 bridgehead atoms. The third-order valence-electron chi connectivity index (χ3n) is 3.86. The van der Waals surface area contributed by atoms with Crippen LogP contribution in [-0.2, 0) is 10.5 Å². The van der Waals surface area contributed by atoms with Crippen molar-refractivity contribution in [3.8, 4) is 5.75 Å². The standard InChI is InChI=1S/C19H20N2O2S2/c1-13(15-8-4-6-10-17(15)23-2)20-18(22)12-25-19-21-16-9-5-3-7-14(16)11-24-19/h3-10,13H,11-12H2,1-2H3,(H,20,22)/t13-/m0/s1. The highest BCUT2D eigenvalue weighted by Crippen LogP contribution is 2.34. The van der Waals surface area contributed by atoms with Crippen LogP contribution in [0, 0.1) is 0 Å². The maximum Gasteiger partial charge on any atom is 0.230 e. The van der Waals surface area contributed by atoms with Crippen molar-refractivity contribution in [1.29, 1.82) is 0 Å². The minimum atomic E-state index is -0.106. The second kappa shape index (κ2) is 8.45. The smallest absolute Gasteiger partial charge is 0.230 e. The monoisotopic (exact) mass is 372 g/mol. The van der Waals surface area contributed by atoms with Crippen LogP contribution in [0.4, 0.5) is 5.69 Å². The molecule has 1 aliphatic rings. The molecular weight excluding hydrogens is 352 g/mol. The molecule has 0 saturated carbocycles. The minimum absolute atomic E-state index is 0.00874. The number of nitrogens with one attached hydrogen (secondary N) is 1. The first kappa shape index (κ1) is 17.9. The van der Waals surface area contributed by atoms with Crippen LogP contribution in [0.1, 0.15) is 24.1 Å². The Balaban J connectivity index is 1.56. The van der Waals surface area contributed by atoms with Gasteiger partial charge in [-0.15, -0.1) is 0 Å². The number of carbonyl (C=O) groups is 1. The van der Waals surface area contributed by atoms with Gasteiger partial charge in [-0.3, -0.25) is 4.79 Å². The van der Waals surface area contributed by atoms with E-state index in [-0.39, 0.29) is 11.9 Å². The van der Waals surface area contributed by atoms with Gasteiger partial charge in [-0.1, -0.05) is 59.9 Å². The summed E-state index contributed by atoms with van der Waals surface area (Å²) in [5, 5.41) is 3.03. The summed E-state index contributed by atoms with van der Waals surface area (Å²) in [4.78, 5) is 16.9. The number of para-hydroxylation sites is 2. The van der Waals surface area contributed by atoms with Crippen molar-refractivity contribution in [2.45, 2.75) is 18.7 Å². The van der Waals surface area contributed by atoms with E-state index in [1.165, 1.54) is 17.3 Å². The van der Waals surface area contributed by atoms with Crippen molar-refractivity contribution < 1.29 is 9.53 Å². The highest BCUT2D eigenvalue weighted by Gasteiger charge is 2.16. The summed E-state index contributed by atoms with van der Waals surface area (Å²) >= 11 is 3.17. The van der Waals surface area contributed by atoms with Crippen molar-refractivity contribution >= 4 is 39.5 Å². The zero-order valence-electron chi connectivity index (χ0n) is 14.2. The third-order valence-corrected chi connectivity index (χ3v) is 6.11. The van der Waals surface area contributed by atoms with Crippen molar-refractivity contribution in [3.05, 3.63) is 59.7 Å². The van der Waals surface area contributed by atoms with E-state index in [0.717, 1.165) is 27.1 Å². The lowest BCUT2D eigenvalue weighted by Crippen LogP contribution is -2.28. The van der Waals surface area contributed by atoms with Gasteiger partial charge in [-0.25, -0.2) is 4.99 Å². The Morgan fingerprint density at radius 2 is 2.04 bits per heavy atom. The molecule has 0 spiro atoms. The van der Waals surface area contributed by atoms with Crippen LogP contribution in [0.25, 0.3) is 0 Å². The van der Waals surface area contributed by atoms with Crippen LogP contribution in [0.2, 0.25) is 0 Å². The maximum atomic E-state index is 12.3. The largest absolute Gasteiger partial charge is 0.496 e. The fraction of sp³-hybridized carbons (Fsp3) is 0.263. The second-order valence-corrected chi connectivity index (χ2v) is 7.80. The molecule has 130 valence electrons. The Bertz CT molecular complexity index is 792. The molecule has 3 rings (SSSR count). The lowest BCUT2D eigenvalue weighted by atomic mass is 10.1. The van der Waals surface area contributed by atoms with Gasteiger partial charge in [0.05, 0.1) is 24.6 Å². The van der Waals surface area contributed by atoms with E-state index < -0.39 is 0 Å². The molecule has 0 radical (unpaired) electrons. The first-order valence-electron chi connectivity index (χ1n) is 8.02. The number of hydrogen-bond acceptors (Lipinski definition) is 5. The van der Waals surface area contributed by atoms with E-state index in [0.29, 0.717) is 5.75 Å². The lowest BCUT2D eigenvalue weighted by Gasteiger charge is -2.18. The molecule has 4 nitrogen and oxygen atoms in total. The highest BCUT2D eigenvalue weighted by molar-refractivity contribution is 8.38. The predicted octanol–water partition coefficient (Wildman–Crippen LogP) is 4.54. The molecule has 2 aromatic rings. The van der Waals surface area contributed by atoms with Crippen molar-refractivity contribution in [2.24, 2.45) is 4.99 Å². The van der Waals surface area contributed by atoms with Gasteiger partial charge >= 0.3 is 0 Å². The quantitative estimate of drug-likeness (QED) is 0.837. The van der Waals surface area contributed by atoms with Gasteiger partial charge < -0.3 is 10.1 Å². The van der Waals surface area contributed by atoms with Crippen LogP contribution in [0.5, 0.6) is 5.75 Å². The van der Waals surface area contributed by atoms with Gasteiger partial charge in [-0.05, 0) is 24.6 Å². The van der Waals surface area contributed by atoms with Gasteiger partial charge in [0.25, 0.3) is 0 Å². The Morgan fingerprint density at radius 1 is 1.28 bits per heavy atom. The summed E-state index contributed by atoms with van der Waals surface area (Å²) in [7, 11) is 1.64. The van der Waals surface area contributed by atoms with Crippen LogP contribution in [0.15, 0.2) is 53.5 Å². The van der Waals surface area contributed by atoms with E-state index >= 15 is 0 Å². The van der Waals surface area contributed by atoms with Gasteiger partial charge in [0.15, 0.2) is 0 Å². The molecule has 1 N–H and O–H groups in total. The molecular formula is C19H20N2O2S2. The van der Waals surface area contributed by atoms with Gasteiger partial charge in [0, 0.05) is 11.3 Å². The molecule has 0 saturated heterocycles. The summed E-state index contributed by atoms with van der Waals surface area (Å²) in [6, 6.07) is 15.7. The highest BCUT2D eigenvalue weighted by atomic mass is 32.2. The number of rotatable bonds is 5. The third kappa shape index (κ3) is 4.58. The summed E-state index contributed by atoms with van der Waals surface area (Å²) in [6.45, 7) is 1.96. The number of amides is 1. The molecule has 2 aromatic carbocycles. The lowest BCUT2D eigenvalue weighted by molar-refractivity contribution is -0.119. The van der Waals surface area contributed by atoms with Crippen LogP contribution in [-0.4, -0.2) is 23.1 Å². The Morgan fingerprint density at radius 3 is 2.88 bits per heavy atom. The van der Waals surface area contributed by atoms with E-state index in [1.807, 2.05) is 49.4 Å². The fourth-order valence-corrected chi connectivity index (χ4v) is 4.47. The van der Waals surface area contributed by atoms with E-state index in [2.05, 4.69) is 16.4 Å². The van der Waals surface area contributed by atoms with Crippen LogP contribution in [0.3, 0.4) is 0 Å². The molecule has 25 heavy (non-hydrogen) atoms. The van der Waals surface area contributed by atoms with E-state index in [9.17, 15) is 4.79 Å². The summed E-state index contributed by atoms with van der Waals surface area (Å²) in [6.07, 6.45) is 0. The van der Waals surface area contributed by atoms with E-state index in [4.69, 9.17) is 4.74 Å². The Hall–Kier alpha value is -1.92. The molecule has 0 aliphatic carbocycles. The zero-order valence-corrected chi connectivity index (χ0v) is 15.8.